The predicted molar refractivity (Wildman–Crippen MR) is 136 cm³/mol. The molecule has 0 radical (unpaired) electrons. The van der Waals surface area contributed by atoms with Crippen molar-refractivity contribution in [1.82, 2.24) is 9.38 Å². The van der Waals surface area contributed by atoms with Gasteiger partial charge in [0.05, 0.1) is 17.1 Å². The molecule has 2 aromatic heterocycles. The third-order valence-corrected chi connectivity index (χ3v) is 7.68. The highest BCUT2D eigenvalue weighted by molar-refractivity contribution is 7.99. The van der Waals surface area contributed by atoms with Gasteiger partial charge >= 0.3 is 0 Å². The Hall–Kier alpha value is -3.55. The van der Waals surface area contributed by atoms with Crippen molar-refractivity contribution in [3.63, 3.8) is 0 Å². The minimum absolute atomic E-state index is 0.0539. The number of carbonyl (C=O) groups excluding carboxylic acids is 1. The zero-order valence-electron chi connectivity index (χ0n) is 17.8. The summed E-state index contributed by atoms with van der Waals surface area (Å²) in [5.74, 6) is -0.0539. The number of aromatic nitrogens is 2. The summed E-state index contributed by atoms with van der Waals surface area (Å²) in [7, 11) is 0. The summed E-state index contributed by atoms with van der Waals surface area (Å²) in [6.45, 7) is 1.95. The summed E-state index contributed by atoms with van der Waals surface area (Å²) >= 11 is 3.35. The van der Waals surface area contributed by atoms with Gasteiger partial charge in [0.1, 0.15) is 6.04 Å². The average Bonchev–Trinajstić information content (AvgIpc) is 3.45. The smallest absolute Gasteiger partial charge is 0.247 e. The number of fused-ring (bicyclic) bond motifs is 3. The molecule has 1 amide bonds. The molecule has 0 saturated heterocycles. The third-order valence-electron chi connectivity index (χ3n) is 5.78. The highest BCUT2D eigenvalue weighted by Crippen LogP contribution is 2.48. The molecule has 5 aromatic rings. The molecular formula is C26H20N4OS2. The zero-order chi connectivity index (χ0) is 22.4. The zero-order valence-corrected chi connectivity index (χ0v) is 19.4. The molecule has 1 N–H and O–H groups in total. The van der Waals surface area contributed by atoms with Crippen LogP contribution in [0.4, 0.5) is 17.1 Å². The van der Waals surface area contributed by atoms with Crippen LogP contribution in [0, 0.1) is 0 Å². The lowest BCUT2D eigenvalue weighted by molar-refractivity contribution is -0.117. The summed E-state index contributed by atoms with van der Waals surface area (Å²) in [5.41, 5.74) is 4.82. The number of nitrogens with one attached hydrogen (secondary N) is 1. The van der Waals surface area contributed by atoms with Crippen LogP contribution in [-0.2, 0) is 4.79 Å². The Balaban J connectivity index is 1.25. The number of nitrogens with zero attached hydrogens (tertiary/aromatic N) is 3. The molecule has 3 heterocycles. The van der Waals surface area contributed by atoms with E-state index in [1.54, 1.807) is 23.1 Å². The summed E-state index contributed by atoms with van der Waals surface area (Å²) in [6, 6.07) is 23.9. The SMILES string of the molecule is CC(C(=O)Nc1ccc(-c2cn3ccsc3n2)cc1)N1c2ccccc2Sc2ccccc21. The number of thiazole rings is 1. The van der Waals surface area contributed by atoms with Crippen LogP contribution in [0.15, 0.2) is 100 Å². The molecule has 0 spiro atoms. The quantitative estimate of drug-likeness (QED) is 0.319. The fourth-order valence-electron chi connectivity index (χ4n) is 4.11. The van der Waals surface area contributed by atoms with Crippen LogP contribution in [0.1, 0.15) is 6.92 Å². The normalized spacial score (nSPS) is 13.4. The molecule has 162 valence electrons. The van der Waals surface area contributed by atoms with Crippen LogP contribution in [0.2, 0.25) is 0 Å². The van der Waals surface area contributed by atoms with Crippen molar-refractivity contribution >= 4 is 51.0 Å². The number of rotatable bonds is 4. The lowest BCUT2D eigenvalue weighted by Gasteiger charge is -2.36. The Morgan fingerprint density at radius 2 is 1.61 bits per heavy atom. The largest absolute Gasteiger partial charge is 0.327 e. The highest BCUT2D eigenvalue weighted by Gasteiger charge is 2.30. The van der Waals surface area contributed by atoms with E-state index in [1.807, 2.05) is 77.6 Å². The molecule has 1 aliphatic rings. The summed E-state index contributed by atoms with van der Waals surface area (Å²) in [5, 5.41) is 5.11. The van der Waals surface area contributed by atoms with Crippen molar-refractivity contribution in [2.75, 3.05) is 10.2 Å². The van der Waals surface area contributed by atoms with Gasteiger partial charge in [0, 0.05) is 38.8 Å². The Morgan fingerprint density at radius 1 is 0.939 bits per heavy atom. The number of benzene rings is 3. The predicted octanol–water partition coefficient (Wildman–Crippen LogP) is 6.69. The van der Waals surface area contributed by atoms with Gasteiger partial charge in [0.2, 0.25) is 5.91 Å². The standard InChI is InChI=1S/C26H20N4OS2/c1-17(30-21-6-2-4-8-23(21)33-24-9-5-3-7-22(24)30)25(31)27-19-12-10-18(11-13-19)20-16-29-14-15-32-26(29)28-20/h2-17H,1H3,(H,27,31). The molecule has 0 saturated carbocycles. The van der Waals surface area contributed by atoms with Crippen LogP contribution >= 0.6 is 23.1 Å². The second-order valence-corrected chi connectivity index (χ2v) is 9.83. The average molecular weight is 469 g/mol. The number of hydrogen-bond acceptors (Lipinski definition) is 5. The second kappa shape index (κ2) is 8.10. The third kappa shape index (κ3) is 3.59. The van der Waals surface area contributed by atoms with E-state index in [2.05, 4.69) is 39.5 Å². The number of imidazole rings is 1. The van der Waals surface area contributed by atoms with Gasteiger partial charge in [-0.3, -0.25) is 9.20 Å². The van der Waals surface area contributed by atoms with E-state index in [0.717, 1.165) is 43.1 Å². The van der Waals surface area contributed by atoms with E-state index in [4.69, 9.17) is 0 Å². The van der Waals surface area contributed by atoms with E-state index in [-0.39, 0.29) is 11.9 Å². The molecule has 0 aliphatic carbocycles. The van der Waals surface area contributed by atoms with E-state index < -0.39 is 0 Å². The molecule has 1 atom stereocenters. The topological polar surface area (TPSA) is 49.6 Å². The van der Waals surface area contributed by atoms with E-state index >= 15 is 0 Å². The van der Waals surface area contributed by atoms with Gasteiger partial charge in [-0.15, -0.1) is 11.3 Å². The molecule has 1 aliphatic heterocycles. The van der Waals surface area contributed by atoms with Gasteiger partial charge in [-0.1, -0.05) is 48.2 Å². The monoisotopic (exact) mass is 468 g/mol. The minimum Gasteiger partial charge on any atom is -0.327 e. The highest BCUT2D eigenvalue weighted by atomic mass is 32.2. The van der Waals surface area contributed by atoms with Gasteiger partial charge in [-0.25, -0.2) is 4.98 Å². The first-order valence-electron chi connectivity index (χ1n) is 10.7. The van der Waals surface area contributed by atoms with Crippen molar-refractivity contribution in [3.05, 3.63) is 90.6 Å². The molecule has 33 heavy (non-hydrogen) atoms. The van der Waals surface area contributed by atoms with Crippen molar-refractivity contribution in [2.45, 2.75) is 22.8 Å². The Morgan fingerprint density at radius 3 is 2.27 bits per heavy atom. The Kier molecular flexibility index (Phi) is 4.93. The van der Waals surface area contributed by atoms with Crippen LogP contribution < -0.4 is 10.2 Å². The molecule has 5 nitrogen and oxygen atoms in total. The van der Waals surface area contributed by atoms with Crippen LogP contribution in [0.25, 0.3) is 16.2 Å². The fraction of sp³-hybridized carbons (Fsp3) is 0.0769. The first kappa shape index (κ1) is 20.1. The van der Waals surface area contributed by atoms with Gasteiger partial charge < -0.3 is 10.2 Å². The molecule has 3 aromatic carbocycles. The van der Waals surface area contributed by atoms with Crippen LogP contribution in [0.5, 0.6) is 0 Å². The molecule has 7 heteroatoms. The van der Waals surface area contributed by atoms with Crippen LogP contribution in [-0.4, -0.2) is 21.3 Å². The summed E-state index contributed by atoms with van der Waals surface area (Å²) in [4.78, 5) is 23.3. The second-order valence-electron chi connectivity index (χ2n) is 7.87. The van der Waals surface area contributed by atoms with Crippen molar-refractivity contribution < 1.29 is 4.79 Å². The van der Waals surface area contributed by atoms with Crippen LogP contribution in [0.3, 0.4) is 0 Å². The number of para-hydroxylation sites is 2. The number of hydrogen-bond donors (Lipinski definition) is 1. The summed E-state index contributed by atoms with van der Waals surface area (Å²) < 4.78 is 2.02. The Labute approximate surface area is 199 Å². The van der Waals surface area contributed by atoms with E-state index in [0.29, 0.717) is 0 Å². The van der Waals surface area contributed by atoms with Gasteiger partial charge in [0.15, 0.2) is 4.96 Å². The maximum absolute atomic E-state index is 13.3. The van der Waals surface area contributed by atoms with Gasteiger partial charge in [-0.05, 0) is 43.3 Å². The molecule has 6 rings (SSSR count). The number of amides is 1. The lowest BCUT2D eigenvalue weighted by atomic mass is 10.1. The minimum atomic E-state index is -0.382. The number of carbonyl (C=O) groups is 1. The molecule has 0 fully saturated rings. The van der Waals surface area contributed by atoms with Crippen molar-refractivity contribution in [2.24, 2.45) is 0 Å². The van der Waals surface area contributed by atoms with E-state index in [9.17, 15) is 4.79 Å². The van der Waals surface area contributed by atoms with Gasteiger partial charge in [-0.2, -0.15) is 0 Å². The Bertz CT molecular complexity index is 1400. The van der Waals surface area contributed by atoms with E-state index in [1.165, 1.54) is 0 Å². The molecular weight excluding hydrogens is 448 g/mol. The van der Waals surface area contributed by atoms with Crippen molar-refractivity contribution in [1.29, 1.82) is 0 Å². The van der Waals surface area contributed by atoms with Gasteiger partial charge in [0.25, 0.3) is 0 Å². The fourth-order valence-corrected chi connectivity index (χ4v) is 5.88. The molecule has 1 unspecified atom stereocenters. The van der Waals surface area contributed by atoms with Crippen molar-refractivity contribution in [3.8, 4) is 11.3 Å². The summed E-state index contributed by atoms with van der Waals surface area (Å²) in [6.07, 6.45) is 4.02. The maximum Gasteiger partial charge on any atom is 0.247 e. The molecule has 0 bridgehead atoms. The number of anilines is 3. The lowest BCUT2D eigenvalue weighted by Crippen LogP contribution is -2.40. The maximum atomic E-state index is 13.3. The first-order valence-corrected chi connectivity index (χ1v) is 12.4. The first-order chi connectivity index (χ1) is 16.2.